The molecular weight excluding hydrogens is 328 g/mol. The summed E-state index contributed by atoms with van der Waals surface area (Å²) < 4.78 is 11.3. The molecule has 0 aliphatic carbocycles. The third kappa shape index (κ3) is 4.42. The third-order valence-corrected chi connectivity index (χ3v) is 4.45. The molecule has 0 radical (unpaired) electrons. The van der Waals surface area contributed by atoms with Crippen molar-refractivity contribution in [1.29, 1.82) is 0 Å². The molecule has 2 aromatic carbocycles. The summed E-state index contributed by atoms with van der Waals surface area (Å²) in [7, 11) is 0. The van der Waals surface area contributed by atoms with Crippen LogP contribution in [0.1, 0.15) is 25.5 Å². The molecule has 1 amide bonds. The van der Waals surface area contributed by atoms with Gasteiger partial charge in [0, 0.05) is 13.1 Å². The van der Waals surface area contributed by atoms with Gasteiger partial charge >= 0.3 is 0 Å². The van der Waals surface area contributed by atoms with Gasteiger partial charge in [0.15, 0.2) is 0 Å². The van der Waals surface area contributed by atoms with Gasteiger partial charge in [0.05, 0.1) is 25.0 Å². The fourth-order valence-corrected chi connectivity index (χ4v) is 3.30. The highest BCUT2D eigenvalue weighted by molar-refractivity contribution is 5.96. The van der Waals surface area contributed by atoms with Crippen LogP contribution in [0.5, 0.6) is 5.75 Å². The first-order valence-electron chi connectivity index (χ1n) is 9.12. The minimum atomic E-state index is -0.364. The molecule has 2 aromatic rings. The first-order valence-corrected chi connectivity index (χ1v) is 9.12. The number of anilines is 1. The number of para-hydroxylation sites is 2. The molecule has 1 N–H and O–H groups in total. The number of hydrogen-bond acceptors (Lipinski definition) is 4. The van der Waals surface area contributed by atoms with Crippen LogP contribution in [0.3, 0.4) is 0 Å². The van der Waals surface area contributed by atoms with Crippen LogP contribution >= 0.6 is 0 Å². The van der Waals surface area contributed by atoms with E-state index in [0.29, 0.717) is 24.7 Å². The normalized spacial score (nSPS) is 18.9. The first-order chi connectivity index (χ1) is 12.7. The molecule has 0 spiro atoms. The van der Waals surface area contributed by atoms with E-state index in [4.69, 9.17) is 9.47 Å². The van der Waals surface area contributed by atoms with Crippen LogP contribution in [0.2, 0.25) is 0 Å². The van der Waals surface area contributed by atoms with E-state index in [2.05, 4.69) is 10.2 Å². The number of carbonyl (C=O) groups excluding carboxylic acids is 1. The number of hydrogen-bond donors (Lipinski definition) is 1. The van der Waals surface area contributed by atoms with Crippen LogP contribution in [0.25, 0.3) is 0 Å². The quantitative estimate of drug-likeness (QED) is 0.863. The van der Waals surface area contributed by atoms with Gasteiger partial charge in [0.2, 0.25) is 5.91 Å². The second-order valence-corrected chi connectivity index (χ2v) is 6.41. The maximum Gasteiger partial charge on any atom is 0.246 e. The number of amides is 1. The van der Waals surface area contributed by atoms with Crippen molar-refractivity contribution >= 4 is 11.6 Å². The summed E-state index contributed by atoms with van der Waals surface area (Å²) in [5, 5.41) is 3.06. The number of rotatable bonds is 6. The van der Waals surface area contributed by atoms with Gasteiger partial charge < -0.3 is 14.8 Å². The standard InChI is InChI=1S/C21H26N2O3/c1-3-25-19-12-8-7-11-18(19)22-21(24)20(17-9-5-4-6-10-17)23-13-14-26-16(2)15-23/h4-12,16,20H,3,13-15H2,1-2H3,(H,22,24). The zero-order valence-corrected chi connectivity index (χ0v) is 15.4. The van der Waals surface area contributed by atoms with Gasteiger partial charge in [-0.15, -0.1) is 0 Å². The van der Waals surface area contributed by atoms with E-state index in [1.54, 1.807) is 0 Å². The van der Waals surface area contributed by atoms with E-state index in [1.165, 1.54) is 0 Å². The van der Waals surface area contributed by atoms with Crippen molar-refractivity contribution in [2.45, 2.75) is 26.0 Å². The summed E-state index contributed by atoms with van der Waals surface area (Å²) in [6.45, 7) is 6.60. The van der Waals surface area contributed by atoms with E-state index in [-0.39, 0.29) is 18.1 Å². The van der Waals surface area contributed by atoms with Gasteiger partial charge in [-0.2, -0.15) is 0 Å². The van der Waals surface area contributed by atoms with Gasteiger partial charge in [0.25, 0.3) is 0 Å². The Hall–Kier alpha value is -2.37. The van der Waals surface area contributed by atoms with Crippen LogP contribution in [0.4, 0.5) is 5.69 Å². The molecule has 1 fully saturated rings. The van der Waals surface area contributed by atoms with Crippen LogP contribution in [0.15, 0.2) is 54.6 Å². The zero-order valence-electron chi connectivity index (χ0n) is 15.4. The van der Waals surface area contributed by atoms with E-state index < -0.39 is 0 Å². The van der Waals surface area contributed by atoms with Crippen molar-refractivity contribution in [1.82, 2.24) is 4.90 Å². The predicted octanol–water partition coefficient (Wildman–Crippen LogP) is 3.49. The Labute approximate surface area is 154 Å². The van der Waals surface area contributed by atoms with Gasteiger partial charge in [-0.3, -0.25) is 9.69 Å². The summed E-state index contributed by atoms with van der Waals surface area (Å²) in [6, 6.07) is 17.1. The summed E-state index contributed by atoms with van der Waals surface area (Å²) in [5.41, 5.74) is 1.68. The van der Waals surface area contributed by atoms with E-state index >= 15 is 0 Å². The number of nitrogens with zero attached hydrogens (tertiary/aromatic N) is 1. The van der Waals surface area contributed by atoms with Gasteiger partial charge in [-0.05, 0) is 31.5 Å². The molecule has 2 atom stereocenters. The lowest BCUT2D eigenvalue weighted by Crippen LogP contribution is -2.46. The first kappa shape index (κ1) is 18.4. The van der Waals surface area contributed by atoms with E-state index in [9.17, 15) is 4.79 Å². The van der Waals surface area contributed by atoms with Crippen LogP contribution in [-0.4, -0.2) is 43.2 Å². The summed E-state index contributed by atoms with van der Waals surface area (Å²) in [6.07, 6.45) is 0.110. The molecule has 5 heteroatoms. The maximum atomic E-state index is 13.2. The largest absolute Gasteiger partial charge is 0.492 e. The lowest BCUT2D eigenvalue weighted by Gasteiger charge is -2.36. The zero-order chi connectivity index (χ0) is 18.4. The fourth-order valence-electron chi connectivity index (χ4n) is 3.30. The average Bonchev–Trinajstić information content (AvgIpc) is 2.65. The lowest BCUT2D eigenvalue weighted by molar-refractivity contribution is -0.124. The van der Waals surface area contributed by atoms with E-state index in [1.807, 2.05) is 68.4 Å². The van der Waals surface area contributed by atoms with Crippen LogP contribution in [-0.2, 0) is 9.53 Å². The van der Waals surface area contributed by atoms with Crippen molar-refractivity contribution in [2.24, 2.45) is 0 Å². The summed E-state index contributed by atoms with van der Waals surface area (Å²) >= 11 is 0. The summed E-state index contributed by atoms with van der Waals surface area (Å²) in [4.78, 5) is 15.4. The molecule has 1 saturated heterocycles. The highest BCUT2D eigenvalue weighted by Gasteiger charge is 2.31. The van der Waals surface area contributed by atoms with Crippen molar-refractivity contribution < 1.29 is 14.3 Å². The predicted molar refractivity (Wildman–Crippen MR) is 102 cm³/mol. The second kappa shape index (κ2) is 8.83. The smallest absolute Gasteiger partial charge is 0.246 e. The van der Waals surface area contributed by atoms with Crippen molar-refractivity contribution in [3.8, 4) is 5.75 Å². The minimum Gasteiger partial charge on any atom is -0.492 e. The van der Waals surface area contributed by atoms with Gasteiger partial charge in [-0.1, -0.05) is 42.5 Å². The van der Waals surface area contributed by atoms with Crippen molar-refractivity contribution in [3.63, 3.8) is 0 Å². The summed E-state index contributed by atoms with van der Waals surface area (Å²) in [5.74, 6) is 0.628. The molecule has 0 saturated carbocycles. The van der Waals surface area contributed by atoms with E-state index in [0.717, 1.165) is 18.7 Å². The number of carbonyl (C=O) groups is 1. The van der Waals surface area contributed by atoms with Gasteiger partial charge in [-0.25, -0.2) is 0 Å². The molecule has 3 rings (SSSR count). The number of morpholine rings is 1. The highest BCUT2D eigenvalue weighted by atomic mass is 16.5. The number of ether oxygens (including phenoxy) is 2. The topological polar surface area (TPSA) is 50.8 Å². The molecule has 1 aliphatic heterocycles. The molecular formula is C21H26N2O3. The monoisotopic (exact) mass is 354 g/mol. The molecule has 1 aliphatic rings. The molecule has 0 bridgehead atoms. The number of benzene rings is 2. The van der Waals surface area contributed by atoms with Gasteiger partial charge in [0.1, 0.15) is 11.8 Å². The highest BCUT2D eigenvalue weighted by Crippen LogP contribution is 2.28. The Morgan fingerprint density at radius 2 is 1.96 bits per heavy atom. The van der Waals surface area contributed by atoms with Crippen LogP contribution < -0.4 is 10.1 Å². The minimum absolute atomic E-state index is 0.0579. The Kier molecular flexibility index (Phi) is 6.26. The maximum absolute atomic E-state index is 13.2. The Bertz CT molecular complexity index is 720. The Balaban J connectivity index is 1.86. The molecule has 26 heavy (non-hydrogen) atoms. The van der Waals surface area contributed by atoms with Crippen molar-refractivity contribution in [2.75, 3.05) is 31.6 Å². The molecule has 0 aromatic heterocycles. The molecule has 138 valence electrons. The SMILES string of the molecule is CCOc1ccccc1NC(=O)C(c1ccccc1)N1CCOC(C)C1. The lowest BCUT2D eigenvalue weighted by atomic mass is 10.0. The van der Waals surface area contributed by atoms with Crippen LogP contribution in [0, 0.1) is 0 Å². The van der Waals surface area contributed by atoms with Crippen molar-refractivity contribution in [3.05, 3.63) is 60.2 Å². The molecule has 1 heterocycles. The Morgan fingerprint density at radius 3 is 2.69 bits per heavy atom. The third-order valence-electron chi connectivity index (χ3n) is 4.45. The molecule has 2 unspecified atom stereocenters. The Morgan fingerprint density at radius 1 is 1.23 bits per heavy atom. The fraction of sp³-hybridized carbons (Fsp3) is 0.381. The second-order valence-electron chi connectivity index (χ2n) is 6.41. The average molecular weight is 354 g/mol. The molecule has 5 nitrogen and oxygen atoms in total. The number of nitrogens with one attached hydrogen (secondary N) is 1.